The quantitative estimate of drug-likeness (QED) is 0.788. The fourth-order valence-corrected chi connectivity index (χ4v) is 3.10. The van der Waals surface area contributed by atoms with Gasteiger partial charge in [0.25, 0.3) is 5.91 Å². The molecule has 24 heavy (non-hydrogen) atoms. The number of furan rings is 1. The minimum absolute atomic E-state index is 0.117. The zero-order chi connectivity index (χ0) is 17.3. The molecule has 5 nitrogen and oxygen atoms in total. The van der Waals surface area contributed by atoms with Crippen molar-refractivity contribution < 1.29 is 17.6 Å². The zero-order valence-electron chi connectivity index (χ0n) is 13.3. The molecule has 3 aromatic rings. The van der Waals surface area contributed by atoms with Crippen LogP contribution in [0.5, 0.6) is 0 Å². The van der Waals surface area contributed by atoms with Crippen LogP contribution in [0.2, 0.25) is 0 Å². The molecule has 1 atom stereocenters. The molecule has 6 heteroatoms. The van der Waals surface area contributed by atoms with Crippen LogP contribution in [0.25, 0.3) is 11.0 Å². The number of nitrogens with one attached hydrogen (secondary N) is 1. The lowest BCUT2D eigenvalue weighted by Crippen LogP contribution is -2.26. The number of hydrogen-bond acceptors (Lipinski definition) is 4. The maximum Gasteiger partial charge on any atom is 0.251 e. The van der Waals surface area contributed by atoms with E-state index < -0.39 is 9.84 Å². The van der Waals surface area contributed by atoms with Crippen molar-refractivity contribution in [1.82, 2.24) is 5.32 Å². The molecule has 0 saturated heterocycles. The molecule has 1 N–H and O–H groups in total. The Morgan fingerprint density at radius 2 is 1.83 bits per heavy atom. The van der Waals surface area contributed by atoms with Crippen LogP contribution < -0.4 is 5.32 Å². The number of hydrogen-bond donors (Lipinski definition) is 1. The first kappa shape index (κ1) is 16.3. The first-order valence-electron chi connectivity index (χ1n) is 7.44. The Morgan fingerprint density at radius 1 is 1.08 bits per heavy atom. The van der Waals surface area contributed by atoms with Crippen LogP contribution in [0.15, 0.2) is 63.9 Å². The van der Waals surface area contributed by atoms with Crippen molar-refractivity contribution in [1.29, 1.82) is 0 Å². The normalized spacial score (nSPS) is 12.9. The van der Waals surface area contributed by atoms with Crippen LogP contribution in [-0.2, 0) is 9.84 Å². The largest absolute Gasteiger partial charge is 0.459 e. The van der Waals surface area contributed by atoms with Crippen LogP contribution in [-0.4, -0.2) is 20.6 Å². The summed E-state index contributed by atoms with van der Waals surface area (Å²) in [6, 6.07) is 15.1. The molecular weight excluding hydrogens is 326 g/mol. The van der Waals surface area contributed by atoms with Gasteiger partial charge >= 0.3 is 0 Å². The number of fused-ring (bicyclic) bond motifs is 1. The van der Waals surface area contributed by atoms with E-state index in [1.54, 1.807) is 12.1 Å². The fraction of sp³-hybridized carbons (Fsp3) is 0.167. The summed E-state index contributed by atoms with van der Waals surface area (Å²) in [6.45, 7) is 1.82. The van der Waals surface area contributed by atoms with Crippen molar-refractivity contribution in [2.75, 3.05) is 6.26 Å². The summed E-state index contributed by atoms with van der Waals surface area (Å²) in [5.41, 5.74) is 1.05. The molecule has 0 fully saturated rings. The van der Waals surface area contributed by atoms with Gasteiger partial charge in [-0.3, -0.25) is 4.79 Å². The van der Waals surface area contributed by atoms with Gasteiger partial charge in [0.2, 0.25) is 0 Å². The molecule has 0 bridgehead atoms. The molecule has 0 saturated carbocycles. The molecule has 0 aliphatic carbocycles. The van der Waals surface area contributed by atoms with Crippen molar-refractivity contribution in [3.8, 4) is 0 Å². The molecule has 2 aromatic carbocycles. The minimum atomic E-state index is -3.36. The highest BCUT2D eigenvalue weighted by Gasteiger charge is 2.17. The number of carbonyl (C=O) groups is 1. The van der Waals surface area contributed by atoms with Gasteiger partial charge in [-0.1, -0.05) is 24.3 Å². The van der Waals surface area contributed by atoms with Crippen molar-refractivity contribution in [2.45, 2.75) is 17.9 Å². The number of amides is 1. The first-order valence-corrected chi connectivity index (χ1v) is 9.33. The van der Waals surface area contributed by atoms with Crippen LogP contribution in [0.3, 0.4) is 0 Å². The third-order valence-electron chi connectivity index (χ3n) is 3.74. The van der Waals surface area contributed by atoms with E-state index in [-0.39, 0.29) is 16.8 Å². The average molecular weight is 343 g/mol. The van der Waals surface area contributed by atoms with E-state index in [4.69, 9.17) is 4.42 Å². The number of rotatable bonds is 4. The summed E-state index contributed by atoms with van der Waals surface area (Å²) in [5.74, 6) is 0.289. The monoisotopic (exact) mass is 343 g/mol. The molecule has 1 heterocycles. The predicted octanol–water partition coefficient (Wildman–Crippen LogP) is 3.33. The van der Waals surface area contributed by atoms with E-state index in [1.165, 1.54) is 12.1 Å². The second-order valence-electron chi connectivity index (χ2n) is 5.68. The van der Waals surface area contributed by atoms with E-state index >= 15 is 0 Å². The Labute approximate surface area is 140 Å². The molecule has 0 radical (unpaired) electrons. The summed E-state index contributed by atoms with van der Waals surface area (Å²) in [7, 11) is -3.36. The van der Waals surface area contributed by atoms with Crippen LogP contribution in [0.1, 0.15) is 29.1 Å². The highest BCUT2D eigenvalue weighted by atomic mass is 32.2. The van der Waals surface area contributed by atoms with Gasteiger partial charge in [0, 0.05) is 17.2 Å². The van der Waals surface area contributed by atoms with Gasteiger partial charge in [0.1, 0.15) is 11.3 Å². The predicted molar refractivity (Wildman–Crippen MR) is 91.6 cm³/mol. The van der Waals surface area contributed by atoms with Gasteiger partial charge in [-0.05, 0) is 37.3 Å². The highest BCUT2D eigenvalue weighted by Crippen LogP contribution is 2.24. The number of carbonyl (C=O) groups excluding carboxylic acids is 1. The SMILES string of the molecule is CC(NC(=O)c1cccc(S(C)(=O)=O)c1)c1cc2ccccc2o1. The van der Waals surface area contributed by atoms with E-state index in [0.717, 1.165) is 17.2 Å². The van der Waals surface area contributed by atoms with E-state index in [2.05, 4.69) is 5.32 Å². The highest BCUT2D eigenvalue weighted by molar-refractivity contribution is 7.90. The Bertz CT molecular complexity index is 972. The summed E-state index contributed by atoms with van der Waals surface area (Å²) < 4.78 is 28.9. The summed E-state index contributed by atoms with van der Waals surface area (Å²) in [5, 5.41) is 3.79. The van der Waals surface area contributed by atoms with Gasteiger partial charge < -0.3 is 9.73 Å². The standard InChI is InChI=1S/C18H17NO4S/c1-12(17-11-13-6-3-4-9-16(13)23-17)19-18(20)14-7-5-8-15(10-14)24(2,21)22/h3-12H,1-2H3,(H,19,20). The number of para-hydroxylation sites is 1. The Morgan fingerprint density at radius 3 is 2.54 bits per heavy atom. The molecule has 1 amide bonds. The van der Waals surface area contributed by atoms with Crippen molar-refractivity contribution in [3.05, 3.63) is 65.9 Å². The van der Waals surface area contributed by atoms with Crippen LogP contribution in [0.4, 0.5) is 0 Å². The van der Waals surface area contributed by atoms with Gasteiger partial charge in [0.15, 0.2) is 9.84 Å². The molecular formula is C18H17NO4S. The molecule has 3 rings (SSSR count). The summed E-state index contributed by atoms with van der Waals surface area (Å²) >= 11 is 0. The Kier molecular flexibility index (Phi) is 4.15. The van der Waals surface area contributed by atoms with Crippen molar-refractivity contribution in [2.24, 2.45) is 0 Å². The van der Waals surface area contributed by atoms with Crippen molar-refractivity contribution in [3.63, 3.8) is 0 Å². The number of benzene rings is 2. The molecule has 0 aliphatic heterocycles. The van der Waals surface area contributed by atoms with Gasteiger partial charge in [-0.15, -0.1) is 0 Å². The maximum absolute atomic E-state index is 12.4. The Balaban J connectivity index is 1.81. The summed E-state index contributed by atoms with van der Waals surface area (Å²) in [4.78, 5) is 12.5. The molecule has 0 spiro atoms. The molecule has 1 unspecified atom stereocenters. The van der Waals surface area contributed by atoms with E-state index in [1.807, 2.05) is 37.3 Å². The second-order valence-corrected chi connectivity index (χ2v) is 7.70. The number of sulfone groups is 1. The lowest BCUT2D eigenvalue weighted by Gasteiger charge is -2.12. The summed E-state index contributed by atoms with van der Waals surface area (Å²) in [6.07, 6.45) is 1.11. The third kappa shape index (κ3) is 3.33. The van der Waals surface area contributed by atoms with Gasteiger partial charge in [0.05, 0.1) is 10.9 Å². The topological polar surface area (TPSA) is 76.4 Å². The van der Waals surface area contributed by atoms with Gasteiger partial charge in [-0.2, -0.15) is 0 Å². The lowest BCUT2D eigenvalue weighted by molar-refractivity contribution is 0.0935. The van der Waals surface area contributed by atoms with E-state index in [0.29, 0.717) is 11.3 Å². The first-order chi connectivity index (χ1) is 11.3. The fourth-order valence-electron chi connectivity index (χ4n) is 2.43. The maximum atomic E-state index is 12.4. The Hall–Kier alpha value is -2.60. The van der Waals surface area contributed by atoms with Crippen LogP contribution >= 0.6 is 0 Å². The third-order valence-corrected chi connectivity index (χ3v) is 4.85. The van der Waals surface area contributed by atoms with Gasteiger partial charge in [-0.25, -0.2) is 8.42 Å². The smallest absolute Gasteiger partial charge is 0.251 e. The average Bonchev–Trinajstić information content (AvgIpc) is 2.98. The zero-order valence-corrected chi connectivity index (χ0v) is 14.1. The minimum Gasteiger partial charge on any atom is -0.459 e. The van der Waals surface area contributed by atoms with Crippen LogP contribution in [0, 0.1) is 0 Å². The molecule has 0 aliphatic rings. The second kappa shape index (κ2) is 6.13. The molecule has 124 valence electrons. The molecule has 1 aromatic heterocycles. The van der Waals surface area contributed by atoms with Crippen molar-refractivity contribution >= 4 is 26.7 Å². The lowest BCUT2D eigenvalue weighted by atomic mass is 10.1. The van der Waals surface area contributed by atoms with E-state index in [9.17, 15) is 13.2 Å².